The van der Waals surface area contributed by atoms with E-state index < -0.39 is 0 Å². The maximum absolute atomic E-state index is 5.89. The first kappa shape index (κ1) is 14.8. The lowest BCUT2D eigenvalue weighted by Gasteiger charge is -2.25. The second kappa shape index (κ2) is 6.70. The largest absolute Gasteiger partial charge is 0.451 e. The van der Waals surface area contributed by atoms with Gasteiger partial charge in [-0.1, -0.05) is 30.3 Å². The molecule has 2 N–H and O–H groups in total. The molecule has 0 saturated heterocycles. The Hall–Kier alpha value is -0.620. The Morgan fingerprint density at radius 2 is 1.95 bits per heavy atom. The quantitative estimate of drug-likeness (QED) is 0.844. The van der Waals surface area contributed by atoms with E-state index in [1.165, 1.54) is 5.56 Å². The van der Waals surface area contributed by atoms with Crippen LogP contribution in [0.1, 0.15) is 17.4 Å². The van der Waals surface area contributed by atoms with E-state index in [1.807, 2.05) is 24.3 Å². The summed E-state index contributed by atoms with van der Waals surface area (Å²) >= 11 is 6.79. The van der Waals surface area contributed by atoms with Gasteiger partial charge in [0.2, 0.25) is 0 Å². The number of nitrogens with zero attached hydrogens (tertiary/aromatic N) is 1. The molecule has 5 heteroatoms. The normalized spacial score (nSPS) is 12.9. The third-order valence-corrected chi connectivity index (χ3v) is 4.73. The number of furan rings is 1. The number of likely N-dealkylation sites (N-methyl/N-ethyl adjacent to an activating group) is 1. The third-order valence-electron chi connectivity index (χ3n) is 3.02. The third kappa shape index (κ3) is 3.69. The highest BCUT2D eigenvalue weighted by atomic mass is 79.9. The van der Waals surface area contributed by atoms with E-state index in [-0.39, 0.29) is 6.04 Å². The van der Waals surface area contributed by atoms with Crippen LogP contribution in [-0.4, -0.2) is 18.5 Å². The number of hydrogen-bond donors (Lipinski definition) is 1. The van der Waals surface area contributed by atoms with E-state index in [0.29, 0.717) is 11.2 Å². The molecule has 0 radical (unpaired) electrons. The molecular formula is C14H16Br2N2O. The van der Waals surface area contributed by atoms with Crippen LogP contribution in [0.4, 0.5) is 0 Å². The molecule has 1 heterocycles. The van der Waals surface area contributed by atoms with Crippen LogP contribution in [0, 0.1) is 0 Å². The summed E-state index contributed by atoms with van der Waals surface area (Å²) in [6.45, 7) is 1.34. The molecule has 0 saturated carbocycles. The molecule has 0 aliphatic carbocycles. The van der Waals surface area contributed by atoms with E-state index in [9.17, 15) is 0 Å². The van der Waals surface area contributed by atoms with Crippen LogP contribution in [0.25, 0.3) is 0 Å². The highest BCUT2D eigenvalue weighted by Crippen LogP contribution is 2.31. The maximum atomic E-state index is 5.89. The predicted molar refractivity (Wildman–Crippen MR) is 83.8 cm³/mol. The van der Waals surface area contributed by atoms with E-state index >= 15 is 0 Å². The van der Waals surface area contributed by atoms with Crippen LogP contribution in [0.3, 0.4) is 0 Å². The average Bonchev–Trinajstić information content (AvgIpc) is 2.71. The van der Waals surface area contributed by atoms with Gasteiger partial charge in [-0.15, -0.1) is 0 Å². The Morgan fingerprint density at radius 3 is 2.47 bits per heavy atom. The number of rotatable bonds is 5. The Morgan fingerprint density at radius 1 is 1.26 bits per heavy atom. The van der Waals surface area contributed by atoms with Crippen LogP contribution < -0.4 is 5.73 Å². The summed E-state index contributed by atoms with van der Waals surface area (Å²) in [5.74, 6) is 0.861. The van der Waals surface area contributed by atoms with Gasteiger partial charge in [-0.3, -0.25) is 4.90 Å². The fourth-order valence-corrected chi connectivity index (χ4v) is 2.63. The summed E-state index contributed by atoms with van der Waals surface area (Å²) in [6, 6.07) is 12.3. The van der Waals surface area contributed by atoms with Crippen LogP contribution in [0.2, 0.25) is 0 Å². The molecule has 1 aromatic carbocycles. The van der Waals surface area contributed by atoms with Crippen molar-refractivity contribution < 1.29 is 4.42 Å². The first-order valence-electron chi connectivity index (χ1n) is 6.00. The maximum Gasteiger partial charge on any atom is 0.183 e. The molecule has 0 aliphatic heterocycles. The summed E-state index contributed by atoms with van der Waals surface area (Å²) in [5, 5.41) is 0. The molecule has 19 heavy (non-hydrogen) atoms. The topological polar surface area (TPSA) is 42.4 Å². The van der Waals surface area contributed by atoms with Gasteiger partial charge in [0.15, 0.2) is 4.67 Å². The van der Waals surface area contributed by atoms with Gasteiger partial charge in [-0.25, -0.2) is 0 Å². The zero-order chi connectivity index (χ0) is 13.8. The van der Waals surface area contributed by atoms with Crippen molar-refractivity contribution in [3.05, 3.63) is 56.9 Å². The van der Waals surface area contributed by atoms with Gasteiger partial charge in [0.05, 0.1) is 10.5 Å². The molecular weight excluding hydrogens is 372 g/mol. The first-order chi connectivity index (χ1) is 9.11. The van der Waals surface area contributed by atoms with Crippen LogP contribution in [0.15, 0.2) is 50.0 Å². The Balaban J connectivity index is 2.13. The van der Waals surface area contributed by atoms with Crippen LogP contribution in [0.5, 0.6) is 0 Å². The minimum Gasteiger partial charge on any atom is -0.451 e. The van der Waals surface area contributed by atoms with Crippen molar-refractivity contribution in [1.29, 1.82) is 0 Å². The summed E-state index contributed by atoms with van der Waals surface area (Å²) in [5.41, 5.74) is 7.14. The minimum atomic E-state index is 0.0582. The van der Waals surface area contributed by atoms with Gasteiger partial charge in [-0.05, 0) is 50.5 Å². The molecule has 0 amide bonds. The monoisotopic (exact) mass is 386 g/mol. The van der Waals surface area contributed by atoms with E-state index in [0.717, 1.165) is 16.8 Å². The van der Waals surface area contributed by atoms with Gasteiger partial charge < -0.3 is 10.2 Å². The number of nitrogens with two attached hydrogens (primary N) is 1. The van der Waals surface area contributed by atoms with Crippen molar-refractivity contribution in [3.8, 4) is 0 Å². The van der Waals surface area contributed by atoms with Gasteiger partial charge in [-0.2, -0.15) is 0 Å². The van der Waals surface area contributed by atoms with Crippen molar-refractivity contribution in [2.75, 3.05) is 13.6 Å². The average molecular weight is 388 g/mol. The smallest absolute Gasteiger partial charge is 0.183 e. The van der Waals surface area contributed by atoms with E-state index in [1.54, 1.807) is 0 Å². The molecule has 0 bridgehead atoms. The van der Waals surface area contributed by atoms with Crippen molar-refractivity contribution in [1.82, 2.24) is 4.90 Å². The SMILES string of the molecule is CN(Cc1ccccc1)C(CN)c1cc(Br)c(Br)o1. The molecule has 1 atom stereocenters. The summed E-state index contributed by atoms with van der Waals surface area (Å²) in [6.07, 6.45) is 0. The van der Waals surface area contributed by atoms with Crippen molar-refractivity contribution in [3.63, 3.8) is 0 Å². The molecule has 102 valence electrons. The molecule has 1 unspecified atom stereocenters. The predicted octanol–water partition coefficient (Wildman–Crippen LogP) is 3.94. The zero-order valence-electron chi connectivity index (χ0n) is 10.6. The Bertz CT molecular complexity index is 508. The van der Waals surface area contributed by atoms with Crippen LogP contribution in [-0.2, 0) is 6.54 Å². The summed E-state index contributed by atoms with van der Waals surface area (Å²) in [4.78, 5) is 2.19. The molecule has 0 spiro atoms. The Kier molecular flexibility index (Phi) is 5.21. The molecule has 0 aliphatic rings. The lowest BCUT2D eigenvalue weighted by atomic mass is 10.1. The lowest BCUT2D eigenvalue weighted by Crippen LogP contribution is -2.29. The van der Waals surface area contributed by atoms with Gasteiger partial charge in [0, 0.05) is 13.1 Å². The summed E-state index contributed by atoms with van der Waals surface area (Å²) < 4.78 is 7.29. The van der Waals surface area contributed by atoms with Crippen LogP contribution >= 0.6 is 31.9 Å². The van der Waals surface area contributed by atoms with Crippen molar-refractivity contribution in [2.24, 2.45) is 5.73 Å². The van der Waals surface area contributed by atoms with E-state index in [4.69, 9.17) is 10.2 Å². The van der Waals surface area contributed by atoms with Crippen molar-refractivity contribution >= 4 is 31.9 Å². The molecule has 2 aromatic rings. The molecule has 0 fully saturated rings. The fraction of sp³-hybridized carbons (Fsp3) is 0.286. The first-order valence-corrected chi connectivity index (χ1v) is 7.59. The second-order valence-electron chi connectivity index (χ2n) is 4.42. The lowest BCUT2D eigenvalue weighted by molar-refractivity contribution is 0.211. The molecule has 2 rings (SSSR count). The van der Waals surface area contributed by atoms with Gasteiger partial charge in [0.1, 0.15) is 5.76 Å². The Labute approximate surface area is 130 Å². The van der Waals surface area contributed by atoms with E-state index in [2.05, 4.69) is 55.9 Å². The fourth-order valence-electron chi connectivity index (χ4n) is 2.02. The number of halogens is 2. The molecule has 1 aromatic heterocycles. The molecule has 3 nitrogen and oxygen atoms in total. The van der Waals surface area contributed by atoms with Gasteiger partial charge >= 0.3 is 0 Å². The highest BCUT2D eigenvalue weighted by molar-refractivity contribution is 9.13. The van der Waals surface area contributed by atoms with Crippen molar-refractivity contribution in [2.45, 2.75) is 12.6 Å². The standard InChI is InChI=1S/C14H16Br2N2O/c1-18(9-10-5-3-2-4-6-10)12(8-17)13-7-11(15)14(16)19-13/h2-7,12H,8-9,17H2,1H3. The minimum absolute atomic E-state index is 0.0582. The zero-order valence-corrected chi connectivity index (χ0v) is 13.8. The number of benzene rings is 1. The number of hydrogen-bond acceptors (Lipinski definition) is 3. The summed E-state index contributed by atoms with van der Waals surface area (Å²) in [7, 11) is 2.05. The highest BCUT2D eigenvalue weighted by Gasteiger charge is 2.20. The second-order valence-corrected chi connectivity index (χ2v) is 6.00. The van der Waals surface area contributed by atoms with Gasteiger partial charge in [0.25, 0.3) is 0 Å².